The predicted molar refractivity (Wildman–Crippen MR) is 63.3 cm³/mol. The molecule has 1 aromatic rings. The summed E-state index contributed by atoms with van der Waals surface area (Å²) in [6.45, 7) is 5.53. The number of aryl methyl sites for hydroxylation is 1. The monoisotopic (exact) mass is 217 g/mol. The maximum absolute atomic E-state index is 12.1. The third-order valence-electron chi connectivity index (χ3n) is 3.12. The summed E-state index contributed by atoms with van der Waals surface area (Å²) in [5.41, 5.74) is 1.06. The third kappa shape index (κ3) is 1.21. The SMILES string of the molecule is C=CC[C@@]1(O)C(=O)N(C)c2c(C)cccc21. The summed E-state index contributed by atoms with van der Waals surface area (Å²) in [5.74, 6) is -0.281. The van der Waals surface area contributed by atoms with Crippen molar-refractivity contribution in [3.63, 3.8) is 0 Å². The van der Waals surface area contributed by atoms with Crippen LogP contribution in [-0.2, 0) is 10.4 Å². The fraction of sp³-hybridized carbons (Fsp3) is 0.308. The van der Waals surface area contributed by atoms with Crippen molar-refractivity contribution in [2.24, 2.45) is 0 Å². The maximum atomic E-state index is 12.1. The molecule has 1 aliphatic rings. The Morgan fingerprint density at radius 1 is 1.56 bits per heavy atom. The molecule has 3 nitrogen and oxygen atoms in total. The fourth-order valence-electron chi connectivity index (χ4n) is 2.34. The van der Waals surface area contributed by atoms with Crippen molar-refractivity contribution < 1.29 is 9.90 Å². The molecule has 0 unspecified atom stereocenters. The minimum absolute atomic E-state index is 0.243. The van der Waals surface area contributed by atoms with E-state index >= 15 is 0 Å². The molecular formula is C13H15NO2. The van der Waals surface area contributed by atoms with Crippen molar-refractivity contribution in [2.45, 2.75) is 18.9 Å². The quantitative estimate of drug-likeness (QED) is 0.766. The first-order valence-corrected chi connectivity index (χ1v) is 5.24. The minimum Gasteiger partial charge on any atom is -0.375 e. The molecule has 1 heterocycles. The molecule has 16 heavy (non-hydrogen) atoms. The largest absolute Gasteiger partial charge is 0.375 e. The van der Waals surface area contributed by atoms with E-state index < -0.39 is 5.60 Å². The number of anilines is 1. The highest BCUT2D eigenvalue weighted by molar-refractivity contribution is 6.07. The Labute approximate surface area is 95.0 Å². The molecule has 0 fully saturated rings. The molecule has 84 valence electrons. The van der Waals surface area contributed by atoms with E-state index in [0.717, 1.165) is 11.3 Å². The summed E-state index contributed by atoms with van der Waals surface area (Å²) in [7, 11) is 1.69. The van der Waals surface area contributed by atoms with Gasteiger partial charge in [0.25, 0.3) is 5.91 Å². The highest BCUT2D eigenvalue weighted by atomic mass is 16.3. The van der Waals surface area contributed by atoms with Crippen molar-refractivity contribution in [1.82, 2.24) is 0 Å². The van der Waals surface area contributed by atoms with Gasteiger partial charge in [-0.15, -0.1) is 6.58 Å². The first-order chi connectivity index (χ1) is 7.52. The second-order valence-corrected chi connectivity index (χ2v) is 4.19. The number of fused-ring (bicyclic) bond motifs is 1. The fourth-order valence-corrected chi connectivity index (χ4v) is 2.34. The number of nitrogens with zero attached hydrogens (tertiary/aromatic N) is 1. The van der Waals surface area contributed by atoms with Crippen LogP contribution in [0.2, 0.25) is 0 Å². The van der Waals surface area contributed by atoms with Crippen LogP contribution in [0.25, 0.3) is 0 Å². The number of aliphatic hydroxyl groups is 1. The summed E-state index contributed by atoms with van der Waals surface area (Å²) in [5, 5.41) is 10.4. The number of likely N-dealkylation sites (N-methyl/N-ethyl adjacent to an activating group) is 1. The Hall–Kier alpha value is -1.61. The standard InChI is InChI=1S/C13H15NO2/c1-4-8-13(16)10-7-5-6-9(2)11(10)14(3)12(13)15/h4-7,16H,1,8H2,2-3H3/t13-/m0/s1. The van der Waals surface area contributed by atoms with Crippen molar-refractivity contribution in [3.05, 3.63) is 42.0 Å². The van der Waals surface area contributed by atoms with Gasteiger partial charge in [0.05, 0.1) is 5.69 Å². The van der Waals surface area contributed by atoms with Gasteiger partial charge in [-0.05, 0) is 12.5 Å². The van der Waals surface area contributed by atoms with E-state index in [2.05, 4.69) is 6.58 Å². The molecule has 1 amide bonds. The Bertz CT molecular complexity index is 467. The van der Waals surface area contributed by atoms with Gasteiger partial charge in [-0.1, -0.05) is 24.3 Å². The van der Waals surface area contributed by atoms with Crippen LogP contribution in [-0.4, -0.2) is 18.1 Å². The Morgan fingerprint density at radius 2 is 2.25 bits per heavy atom. The van der Waals surface area contributed by atoms with Gasteiger partial charge in [0.1, 0.15) is 0 Å². The molecule has 1 atom stereocenters. The smallest absolute Gasteiger partial charge is 0.263 e. The summed E-state index contributed by atoms with van der Waals surface area (Å²) in [6.07, 6.45) is 1.82. The van der Waals surface area contributed by atoms with E-state index in [1.54, 1.807) is 19.2 Å². The van der Waals surface area contributed by atoms with Gasteiger partial charge in [-0.3, -0.25) is 4.79 Å². The second-order valence-electron chi connectivity index (χ2n) is 4.19. The summed E-state index contributed by atoms with van der Waals surface area (Å²) in [6, 6.07) is 5.59. The lowest BCUT2D eigenvalue weighted by atomic mass is 9.91. The topological polar surface area (TPSA) is 40.5 Å². The first-order valence-electron chi connectivity index (χ1n) is 5.24. The zero-order chi connectivity index (χ0) is 11.9. The third-order valence-corrected chi connectivity index (χ3v) is 3.12. The molecule has 0 radical (unpaired) electrons. The van der Waals surface area contributed by atoms with Gasteiger partial charge in [-0.25, -0.2) is 0 Å². The van der Waals surface area contributed by atoms with E-state index in [1.807, 2.05) is 19.1 Å². The van der Waals surface area contributed by atoms with Gasteiger partial charge in [-0.2, -0.15) is 0 Å². The molecule has 0 bridgehead atoms. The van der Waals surface area contributed by atoms with Crippen LogP contribution >= 0.6 is 0 Å². The van der Waals surface area contributed by atoms with Gasteiger partial charge in [0.15, 0.2) is 5.60 Å². The molecule has 0 saturated heterocycles. The van der Waals surface area contributed by atoms with Crippen LogP contribution in [0.3, 0.4) is 0 Å². The van der Waals surface area contributed by atoms with Gasteiger partial charge < -0.3 is 10.0 Å². The molecule has 0 spiro atoms. The van der Waals surface area contributed by atoms with E-state index in [9.17, 15) is 9.90 Å². The Morgan fingerprint density at radius 3 is 2.88 bits per heavy atom. The van der Waals surface area contributed by atoms with Gasteiger partial charge >= 0.3 is 0 Å². The van der Waals surface area contributed by atoms with Crippen LogP contribution < -0.4 is 4.90 Å². The zero-order valence-electron chi connectivity index (χ0n) is 9.53. The van der Waals surface area contributed by atoms with Crippen molar-refractivity contribution >= 4 is 11.6 Å². The summed E-state index contributed by atoms with van der Waals surface area (Å²) >= 11 is 0. The second kappa shape index (κ2) is 3.46. The lowest BCUT2D eigenvalue weighted by molar-refractivity contribution is -0.135. The van der Waals surface area contributed by atoms with Crippen LogP contribution in [0.4, 0.5) is 5.69 Å². The average molecular weight is 217 g/mol. The van der Waals surface area contributed by atoms with E-state index in [1.165, 1.54) is 4.90 Å². The van der Waals surface area contributed by atoms with Gasteiger partial charge in [0.2, 0.25) is 0 Å². The van der Waals surface area contributed by atoms with E-state index in [0.29, 0.717) is 5.56 Å². The lowest BCUT2D eigenvalue weighted by Crippen LogP contribution is -2.38. The number of para-hydroxylation sites is 1. The van der Waals surface area contributed by atoms with Crippen molar-refractivity contribution in [3.8, 4) is 0 Å². The minimum atomic E-state index is -1.43. The molecule has 2 rings (SSSR count). The average Bonchev–Trinajstić information content (AvgIpc) is 2.43. The van der Waals surface area contributed by atoms with E-state index in [-0.39, 0.29) is 12.3 Å². The van der Waals surface area contributed by atoms with E-state index in [4.69, 9.17) is 0 Å². The molecule has 1 N–H and O–H groups in total. The van der Waals surface area contributed by atoms with Crippen LogP contribution in [0, 0.1) is 6.92 Å². The lowest BCUT2D eigenvalue weighted by Gasteiger charge is -2.19. The Balaban J connectivity index is 2.67. The molecule has 0 aliphatic carbocycles. The summed E-state index contributed by atoms with van der Waals surface area (Å²) in [4.78, 5) is 13.6. The van der Waals surface area contributed by atoms with Crippen molar-refractivity contribution in [2.75, 3.05) is 11.9 Å². The van der Waals surface area contributed by atoms with Crippen LogP contribution in [0.15, 0.2) is 30.9 Å². The number of amides is 1. The highest BCUT2D eigenvalue weighted by Crippen LogP contribution is 2.43. The molecular weight excluding hydrogens is 202 g/mol. The maximum Gasteiger partial charge on any atom is 0.263 e. The van der Waals surface area contributed by atoms with Gasteiger partial charge in [0, 0.05) is 19.0 Å². The number of benzene rings is 1. The molecule has 0 saturated carbocycles. The number of hydrogen-bond donors (Lipinski definition) is 1. The number of carbonyl (C=O) groups is 1. The molecule has 1 aliphatic heterocycles. The predicted octanol–water partition coefficient (Wildman–Crippen LogP) is 1.74. The molecule has 3 heteroatoms. The summed E-state index contributed by atoms with van der Waals surface area (Å²) < 4.78 is 0. The number of carbonyl (C=O) groups excluding carboxylic acids is 1. The highest BCUT2D eigenvalue weighted by Gasteiger charge is 2.47. The molecule has 0 aromatic heterocycles. The Kier molecular flexibility index (Phi) is 2.35. The number of rotatable bonds is 2. The zero-order valence-corrected chi connectivity index (χ0v) is 9.53. The normalized spacial score (nSPS) is 23.4. The first kappa shape index (κ1) is 10.9. The number of hydrogen-bond acceptors (Lipinski definition) is 2. The van der Waals surface area contributed by atoms with Crippen LogP contribution in [0.5, 0.6) is 0 Å². The molecule has 1 aromatic carbocycles. The van der Waals surface area contributed by atoms with Crippen LogP contribution in [0.1, 0.15) is 17.5 Å². The van der Waals surface area contributed by atoms with Crippen molar-refractivity contribution in [1.29, 1.82) is 0 Å².